The molecular weight excluding hydrogens is 823 g/mol. The smallest absolute Gasteiger partial charge is 1.00 e. The summed E-state index contributed by atoms with van der Waals surface area (Å²) in [5.41, 5.74) is 19.9. The Bertz CT molecular complexity index is 2370. The normalized spacial score (nSPS) is 13.1. The third kappa shape index (κ3) is 8.71. The van der Waals surface area contributed by atoms with Crippen LogP contribution < -0.4 is 24.8 Å². The Kier molecular flexibility index (Phi) is 13.4. The van der Waals surface area contributed by atoms with Crippen molar-refractivity contribution in [1.29, 1.82) is 0 Å². The number of halogens is 2. The Hall–Kier alpha value is -3.87. The zero-order valence-corrected chi connectivity index (χ0v) is 39.4. The molecule has 0 aromatic heterocycles. The molecular formula is C55H56Cl2Zr. The predicted octanol–water partition coefficient (Wildman–Crippen LogP) is 8.43. The maximum Gasteiger partial charge on any atom is -1.00 e. The summed E-state index contributed by atoms with van der Waals surface area (Å²) in [6, 6.07) is 51.3. The molecule has 294 valence electrons. The van der Waals surface area contributed by atoms with Crippen molar-refractivity contribution in [3.63, 3.8) is 0 Å². The molecule has 0 heterocycles. The number of aryl methyl sites for hydroxylation is 2. The molecule has 0 N–H and O–H groups in total. The van der Waals surface area contributed by atoms with Gasteiger partial charge in [-0.15, -0.1) is 0 Å². The van der Waals surface area contributed by atoms with Gasteiger partial charge in [0.1, 0.15) is 0 Å². The SMILES string of the molecule is Cc1ccccc1-c1cc2c(cc1C(C)(C)C)-c1cc(C(C)(C)C)c(-c3ccccc3C)cc1[CH]2[Zr+2]([C]1=CC=CC1)=[C](Cc1ccccc1)Cc1ccccc1.[Cl-].[Cl-]. The van der Waals surface area contributed by atoms with Crippen LogP contribution in [0.1, 0.15) is 96.1 Å². The van der Waals surface area contributed by atoms with Gasteiger partial charge in [-0.3, -0.25) is 0 Å². The van der Waals surface area contributed by atoms with E-state index in [-0.39, 0.29) is 35.6 Å². The third-order valence-corrected chi connectivity index (χ3v) is 20.4. The van der Waals surface area contributed by atoms with Crippen molar-refractivity contribution in [2.24, 2.45) is 0 Å². The van der Waals surface area contributed by atoms with Gasteiger partial charge in [0.15, 0.2) is 0 Å². The molecule has 0 bridgehead atoms. The van der Waals surface area contributed by atoms with E-state index in [0.29, 0.717) is 3.63 Å². The van der Waals surface area contributed by atoms with Crippen molar-refractivity contribution in [1.82, 2.24) is 0 Å². The molecule has 0 aliphatic heterocycles. The Morgan fingerprint density at radius 3 is 1.31 bits per heavy atom. The molecule has 2 aliphatic rings. The van der Waals surface area contributed by atoms with E-state index in [0.717, 1.165) is 19.3 Å². The van der Waals surface area contributed by atoms with E-state index in [4.69, 9.17) is 0 Å². The minimum Gasteiger partial charge on any atom is -1.00 e. The van der Waals surface area contributed by atoms with Gasteiger partial charge in [-0.05, 0) is 0 Å². The molecule has 0 spiro atoms. The van der Waals surface area contributed by atoms with Crippen LogP contribution in [0.2, 0.25) is 0 Å². The van der Waals surface area contributed by atoms with E-state index >= 15 is 0 Å². The first kappa shape index (κ1) is 43.7. The average molecular weight is 879 g/mol. The second-order valence-electron chi connectivity index (χ2n) is 18.2. The summed E-state index contributed by atoms with van der Waals surface area (Å²) in [6.07, 6.45) is 10.4. The molecule has 6 aromatic rings. The summed E-state index contributed by atoms with van der Waals surface area (Å²) in [6.45, 7) is 18.9. The van der Waals surface area contributed by atoms with Gasteiger partial charge in [0.25, 0.3) is 0 Å². The van der Waals surface area contributed by atoms with Gasteiger partial charge in [0, 0.05) is 0 Å². The van der Waals surface area contributed by atoms with Crippen LogP contribution in [0.15, 0.2) is 155 Å². The van der Waals surface area contributed by atoms with Crippen molar-refractivity contribution >= 4 is 3.21 Å². The molecule has 0 unspecified atom stereocenters. The van der Waals surface area contributed by atoms with E-state index in [9.17, 15) is 0 Å². The molecule has 0 saturated heterocycles. The quantitative estimate of drug-likeness (QED) is 0.144. The van der Waals surface area contributed by atoms with Gasteiger partial charge < -0.3 is 24.8 Å². The van der Waals surface area contributed by atoms with Crippen molar-refractivity contribution in [3.8, 4) is 33.4 Å². The van der Waals surface area contributed by atoms with E-state index in [1.165, 1.54) is 66.8 Å². The first-order valence-corrected chi connectivity index (χ1v) is 24.4. The predicted molar refractivity (Wildman–Crippen MR) is 239 cm³/mol. The summed E-state index contributed by atoms with van der Waals surface area (Å²) >= 11 is -2.81. The number of rotatable bonds is 8. The molecule has 3 heteroatoms. The minimum atomic E-state index is -2.81. The number of fused-ring (bicyclic) bond motifs is 3. The van der Waals surface area contributed by atoms with Crippen LogP contribution in [0.5, 0.6) is 0 Å². The van der Waals surface area contributed by atoms with E-state index in [1.54, 1.807) is 17.6 Å². The number of benzene rings is 6. The zero-order valence-electron chi connectivity index (χ0n) is 35.4. The molecule has 0 fully saturated rings. The third-order valence-electron chi connectivity index (χ3n) is 12.1. The number of hydrogen-bond acceptors (Lipinski definition) is 0. The van der Waals surface area contributed by atoms with E-state index in [2.05, 4.69) is 207 Å². The maximum absolute atomic E-state index is 2.81. The van der Waals surface area contributed by atoms with Crippen molar-refractivity contribution in [2.45, 2.75) is 89.1 Å². The van der Waals surface area contributed by atoms with Crippen LogP contribution in [0.3, 0.4) is 0 Å². The van der Waals surface area contributed by atoms with Gasteiger partial charge in [0.05, 0.1) is 0 Å². The van der Waals surface area contributed by atoms with Gasteiger partial charge in [-0.1, -0.05) is 0 Å². The Labute approximate surface area is 368 Å². The van der Waals surface area contributed by atoms with Crippen molar-refractivity contribution in [2.75, 3.05) is 0 Å². The fourth-order valence-corrected chi connectivity index (χ4v) is 18.5. The van der Waals surface area contributed by atoms with Crippen LogP contribution >= 0.6 is 0 Å². The van der Waals surface area contributed by atoms with Crippen LogP contribution in [0.4, 0.5) is 0 Å². The molecule has 0 saturated carbocycles. The van der Waals surface area contributed by atoms with Crippen LogP contribution in [0, 0.1) is 13.8 Å². The van der Waals surface area contributed by atoms with Gasteiger partial charge in [-0.25, -0.2) is 0 Å². The van der Waals surface area contributed by atoms with Crippen LogP contribution in [-0.2, 0) is 44.9 Å². The zero-order chi connectivity index (χ0) is 39.2. The summed E-state index contributed by atoms with van der Waals surface area (Å²) in [4.78, 5) is 0. The molecule has 0 radical (unpaired) electrons. The molecule has 0 atom stereocenters. The largest absolute Gasteiger partial charge is 1.00 e. The van der Waals surface area contributed by atoms with E-state index in [1.807, 2.05) is 0 Å². The molecule has 0 amide bonds. The topological polar surface area (TPSA) is 0 Å². The number of allylic oxidation sites excluding steroid dienone is 4. The summed E-state index contributed by atoms with van der Waals surface area (Å²) in [7, 11) is 0. The van der Waals surface area contributed by atoms with Gasteiger partial charge in [0.2, 0.25) is 0 Å². The summed E-state index contributed by atoms with van der Waals surface area (Å²) < 4.78 is 3.84. The van der Waals surface area contributed by atoms with Gasteiger partial charge >= 0.3 is 346 Å². The minimum absolute atomic E-state index is 0. The molecule has 8 rings (SSSR count). The first-order valence-electron chi connectivity index (χ1n) is 20.5. The van der Waals surface area contributed by atoms with Crippen molar-refractivity contribution in [3.05, 3.63) is 199 Å². The van der Waals surface area contributed by atoms with Crippen LogP contribution in [0.25, 0.3) is 33.4 Å². The van der Waals surface area contributed by atoms with Crippen LogP contribution in [-0.4, -0.2) is 3.21 Å². The second-order valence-corrected chi connectivity index (χ2v) is 25.0. The molecule has 0 nitrogen and oxygen atoms in total. The molecule has 2 aliphatic carbocycles. The first-order chi connectivity index (χ1) is 26.9. The molecule has 6 aromatic carbocycles. The van der Waals surface area contributed by atoms with E-state index < -0.39 is 21.3 Å². The Balaban J connectivity index is 0.00000283. The fourth-order valence-electron chi connectivity index (χ4n) is 9.29. The second kappa shape index (κ2) is 17.8. The Morgan fingerprint density at radius 1 is 0.517 bits per heavy atom. The van der Waals surface area contributed by atoms with Gasteiger partial charge in [-0.2, -0.15) is 0 Å². The van der Waals surface area contributed by atoms with Crippen molar-refractivity contribution < 1.29 is 46.1 Å². The monoisotopic (exact) mass is 876 g/mol. The maximum atomic E-state index is 2.68. The summed E-state index contributed by atoms with van der Waals surface area (Å²) in [5, 5.41) is 0. The summed E-state index contributed by atoms with van der Waals surface area (Å²) in [5.74, 6) is 0. The standard InChI is InChI=1S/C35H37.C15H14.C5H5.2ClH.Zr/c1-22-13-9-11-15-26(22)30-18-24-17-25-19-31(27-16-12-10-14-23(27)2)33(35(6,7)8)21-29(25)28(24)20-32(30)34(3,4)5;1-3-8-14(9-4-1)12-7-13-15-10-5-2-6-11-15;1-2-4-5-3-1;;;/h9-21H,1-8H3;1-6,8-11H,12-13H2;1-3H,4H2;2*1H;/q;;;;;+2/p-2. The molecule has 58 heavy (non-hydrogen) atoms. The Morgan fingerprint density at radius 2 is 0.931 bits per heavy atom. The average Bonchev–Trinajstić information content (AvgIpc) is 3.81. The number of hydrogen-bond donors (Lipinski definition) is 0. The fraction of sp³-hybridized carbons (Fsp3) is 0.255.